The molecule has 28 heavy (non-hydrogen) atoms. The zero-order valence-corrected chi connectivity index (χ0v) is 17.5. The highest BCUT2D eigenvalue weighted by Gasteiger charge is 2.30. The molecule has 5 nitrogen and oxygen atoms in total. The summed E-state index contributed by atoms with van der Waals surface area (Å²) in [6.45, 7) is 1.90. The molecule has 7 heteroatoms. The quantitative estimate of drug-likeness (QED) is 0.558. The van der Waals surface area contributed by atoms with Crippen molar-refractivity contribution in [2.45, 2.75) is 45.9 Å². The number of anilines is 1. The van der Waals surface area contributed by atoms with E-state index >= 15 is 0 Å². The van der Waals surface area contributed by atoms with E-state index in [0.29, 0.717) is 5.92 Å². The van der Waals surface area contributed by atoms with Crippen LogP contribution in [-0.2, 0) is 11.8 Å². The average molecular weight is 411 g/mol. The summed E-state index contributed by atoms with van der Waals surface area (Å²) in [5.74, 6) is 1.53. The van der Waals surface area contributed by atoms with Crippen LogP contribution in [0.5, 0.6) is 0 Å². The Hall–Kier alpha value is -2.25. The molecule has 1 saturated carbocycles. The number of rotatable bonds is 7. The monoisotopic (exact) mass is 410 g/mol. The molecule has 1 fully saturated rings. The summed E-state index contributed by atoms with van der Waals surface area (Å²) in [5, 5.41) is 12.2. The topological polar surface area (TPSA) is 59.8 Å². The Labute approximate surface area is 173 Å². The van der Waals surface area contributed by atoms with Gasteiger partial charge in [0.25, 0.3) is 0 Å². The van der Waals surface area contributed by atoms with Crippen LogP contribution in [0, 0.1) is 0 Å². The highest BCUT2D eigenvalue weighted by molar-refractivity contribution is 8.00. The Morgan fingerprint density at radius 1 is 1.11 bits per heavy atom. The molecule has 1 aromatic heterocycles. The van der Waals surface area contributed by atoms with Crippen molar-refractivity contribution in [1.29, 1.82) is 0 Å². The van der Waals surface area contributed by atoms with E-state index in [1.807, 2.05) is 61.0 Å². The molecule has 0 radical (unpaired) electrons. The lowest BCUT2D eigenvalue weighted by molar-refractivity contribution is -0.115. The van der Waals surface area contributed by atoms with Gasteiger partial charge in [-0.2, -0.15) is 0 Å². The number of para-hydroxylation sites is 1. The SMILES string of the molecule is C[C@@H](Sc1nnc(C2CC2)n1C)C(=O)Nc1ccccc1Sc1ccccc1. The number of thioether (sulfide) groups is 1. The predicted molar refractivity (Wildman–Crippen MR) is 114 cm³/mol. The van der Waals surface area contributed by atoms with Crippen molar-refractivity contribution in [3.8, 4) is 0 Å². The van der Waals surface area contributed by atoms with Crippen LogP contribution in [0.25, 0.3) is 0 Å². The summed E-state index contributed by atoms with van der Waals surface area (Å²) in [6, 6.07) is 18.0. The Kier molecular flexibility index (Phi) is 5.73. The van der Waals surface area contributed by atoms with E-state index in [4.69, 9.17) is 0 Å². The number of aromatic nitrogens is 3. The lowest BCUT2D eigenvalue weighted by atomic mass is 10.3. The van der Waals surface area contributed by atoms with Gasteiger partial charge in [0.2, 0.25) is 5.91 Å². The van der Waals surface area contributed by atoms with Crippen molar-refractivity contribution >= 4 is 35.1 Å². The first-order chi connectivity index (χ1) is 13.6. The number of carbonyl (C=O) groups is 1. The van der Waals surface area contributed by atoms with Crippen LogP contribution < -0.4 is 5.32 Å². The number of hydrogen-bond acceptors (Lipinski definition) is 5. The van der Waals surface area contributed by atoms with Crippen LogP contribution in [0.1, 0.15) is 31.5 Å². The van der Waals surface area contributed by atoms with Crippen molar-refractivity contribution in [1.82, 2.24) is 14.8 Å². The summed E-state index contributed by atoms with van der Waals surface area (Å²) in [5.41, 5.74) is 0.824. The van der Waals surface area contributed by atoms with Gasteiger partial charge in [-0.05, 0) is 44.0 Å². The molecule has 3 aromatic rings. The van der Waals surface area contributed by atoms with Gasteiger partial charge in [0, 0.05) is 22.8 Å². The molecule has 1 aliphatic carbocycles. The molecule has 0 spiro atoms. The molecular weight excluding hydrogens is 388 g/mol. The largest absolute Gasteiger partial charge is 0.324 e. The molecular formula is C21H22N4OS2. The molecule has 0 aliphatic heterocycles. The minimum atomic E-state index is -0.273. The van der Waals surface area contributed by atoms with Crippen LogP contribution in [0.2, 0.25) is 0 Å². The molecule has 4 rings (SSSR count). The van der Waals surface area contributed by atoms with Crippen LogP contribution in [0.3, 0.4) is 0 Å². The smallest absolute Gasteiger partial charge is 0.237 e. The van der Waals surface area contributed by atoms with Gasteiger partial charge >= 0.3 is 0 Å². The predicted octanol–water partition coefficient (Wildman–Crippen LogP) is 4.96. The fraction of sp³-hybridized carbons (Fsp3) is 0.286. The molecule has 0 unspecified atom stereocenters. The standard InChI is InChI=1S/C21H22N4OS2/c1-14(27-21-24-23-19(25(21)2)15-12-13-15)20(26)22-17-10-6-7-11-18(17)28-16-8-4-3-5-9-16/h3-11,14-15H,12-13H2,1-2H3,(H,22,26)/t14-/m1/s1. The second-order valence-electron chi connectivity index (χ2n) is 6.83. The molecule has 144 valence electrons. The summed E-state index contributed by atoms with van der Waals surface area (Å²) in [6.07, 6.45) is 2.37. The zero-order chi connectivity index (χ0) is 19.5. The fourth-order valence-electron chi connectivity index (χ4n) is 2.85. The first-order valence-electron chi connectivity index (χ1n) is 9.30. The minimum absolute atomic E-state index is 0.0397. The number of nitrogens with zero attached hydrogens (tertiary/aromatic N) is 3. The first kappa shape index (κ1) is 19.1. The Morgan fingerprint density at radius 2 is 1.82 bits per heavy atom. The Bertz CT molecular complexity index is 970. The van der Waals surface area contributed by atoms with Gasteiger partial charge in [-0.3, -0.25) is 4.79 Å². The third kappa shape index (κ3) is 4.42. The second-order valence-corrected chi connectivity index (χ2v) is 9.26. The highest BCUT2D eigenvalue weighted by Crippen LogP contribution is 2.40. The van der Waals surface area contributed by atoms with E-state index in [1.54, 1.807) is 11.8 Å². The Morgan fingerprint density at radius 3 is 2.57 bits per heavy atom. The van der Waals surface area contributed by atoms with Crippen LogP contribution in [-0.4, -0.2) is 25.9 Å². The van der Waals surface area contributed by atoms with Crippen LogP contribution in [0.4, 0.5) is 5.69 Å². The maximum absolute atomic E-state index is 12.8. The van der Waals surface area contributed by atoms with Crippen molar-refractivity contribution in [3.63, 3.8) is 0 Å². The van der Waals surface area contributed by atoms with Gasteiger partial charge in [0.1, 0.15) is 5.82 Å². The van der Waals surface area contributed by atoms with E-state index in [2.05, 4.69) is 27.6 Å². The third-order valence-corrected chi connectivity index (χ3v) is 6.80. The summed E-state index contributed by atoms with van der Waals surface area (Å²) < 4.78 is 2.02. The van der Waals surface area contributed by atoms with Gasteiger partial charge in [-0.1, -0.05) is 53.9 Å². The third-order valence-electron chi connectivity index (χ3n) is 4.58. The van der Waals surface area contributed by atoms with Crippen molar-refractivity contribution in [3.05, 3.63) is 60.4 Å². The molecule has 0 bridgehead atoms. The normalized spacial score (nSPS) is 14.6. The number of nitrogens with one attached hydrogen (secondary N) is 1. The first-order valence-corrected chi connectivity index (χ1v) is 11.0. The Balaban J connectivity index is 1.43. The molecule has 1 N–H and O–H groups in total. The minimum Gasteiger partial charge on any atom is -0.324 e. The molecule has 0 saturated heterocycles. The van der Waals surface area contributed by atoms with Gasteiger partial charge < -0.3 is 9.88 Å². The maximum atomic E-state index is 12.8. The molecule has 1 aliphatic rings. The lowest BCUT2D eigenvalue weighted by Gasteiger charge is -2.14. The summed E-state index contributed by atoms with van der Waals surface area (Å²) in [4.78, 5) is 14.9. The summed E-state index contributed by atoms with van der Waals surface area (Å²) >= 11 is 3.08. The van der Waals surface area contributed by atoms with E-state index in [-0.39, 0.29) is 11.2 Å². The second kappa shape index (κ2) is 8.41. The summed E-state index contributed by atoms with van der Waals surface area (Å²) in [7, 11) is 1.98. The van der Waals surface area contributed by atoms with Gasteiger partial charge in [-0.25, -0.2) is 0 Å². The van der Waals surface area contributed by atoms with E-state index in [0.717, 1.165) is 26.5 Å². The lowest BCUT2D eigenvalue weighted by Crippen LogP contribution is -2.23. The van der Waals surface area contributed by atoms with E-state index < -0.39 is 0 Å². The van der Waals surface area contributed by atoms with Crippen molar-refractivity contribution in [2.24, 2.45) is 7.05 Å². The molecule has 2 aromatic carbocycles. The molecule has 1 heterocycles. The fourth-order valence-corrected chi connectivity index (χ4v) is 4.59. The highest BCUT2D eigenvalue weighted by atomic mass is 32.2. The number of benzene rings is 2. The van der Waals surface area contributed by atoms with Gasteiger partial charge in [-0.15, -0.1) is 10.2 Å². The number of amides is 1. The van der Waals surface area contributed by atoms with Gasteiger partial charge in [0.05, 0.1) is 10.9 Å². The number of carbonyl (C=O) groups excluding carboxylic acids is 1. The van der Waals surface area contributed by atoms with Crippen LogP contribution >= 0.6 is 23.5 Å². The van der Waals surface area contributed by atoms with Crippen molar-refractivity contribution < 1.29 is 4.79 Å². The number of hydrogen-bond donors (Lipinski definition) is 1. The van der Waals surface area contributed by atoms with Gasteiger partial charge in [0.15, 0.2) is 5.16 Å². The molecule has 1 atom stereocenters. The van der Waals surface area contributed by atoms with Crippen molar-refractivity contribution in [2.75, 3.05) is 5.32 Å². The van der Waals surface area contributed by atoms with E-state index in [1.165, 1.54) is 24.6 Å². The average Bonchev–Trinajstić information content (AvgIpc) is 3.48. The maximum Gasteiger partial charge on any atom is 0.237 e. The van der Waals surface area contributed by atoms with Crippen LogP contribution in [0.15, 0.2) is 69.5 Å². The zero-order valence-electron chi connectivity index (χ0n) is 15.8. The van der Waals surface area contributed by atoms with E-state index in [9.17, 15) is 4.79 Å². The molecule has 1 amide bonds.